The van der Waals surface area contributed by atoms with Crippen LogP contribution in [-0.2, 0) is 14.6 Å². The monoisotopic (exact) mass is 368 g/mol. The molecule has 1 fully saturated rings. The summed E-state index contributed by atoms with van der Waals surface area (Å²) in [5, 5.41) is 3.90. The minimum atomic E-state index is -3.13. The van der Waals surface area contributed by atoms with E-state index in [-0.39, 0.29) is 13.4 Å². The summed E-state index contributed by atoms with van der Waals surface area (Å²) >= 11 is 0. The largest absolute Gasteiger partial charge is 0.349 e. The zero-order valence-corrected chi connectivity index (χ0v) is 16.2. The number of benzene rings is 1. The first-order chi connectivity index (χ1) is 11.8. The van der Waals surface area contributed by atoms with Gasteiger partial charge in [-0.1, -0.05) is 49.4 Å². The van der Waals surface area contributed by atoms with Crippen LogP contribution in [0, 0.1) is 5.92 Å². The SMILES string of the molecule is CC1CCN(CC(=O)N[C@@H](C)/C=C\S(C)(=O)=O)CC1.[HH].c1ccccc1. The first kappa shape index (κ1) is 21.4. The Morgan fingerprint density at radius 1 is 1.20 bits per heavy atom. The molecule has 0 bridgehead atoms. The van der Waals surface area contributed by atoms with Gasteiger partial charge < -0.3 is 5.32 Å². The average Bonchev–Trinajstić information content (AvgIpc) is 2.57. The van der Waals surface area contributed by atoms with Gasteiger partial charge in [-0.05, 0) is 38.8 Å². The van der Waals surface area contributed by atoms with Gasteiger partial charge in [0, 0.05) is 19.1 Å². The van der Waals surface area contributed by atoms with Crippen molar-refractivity contribution in [2.45, 2.75) is 32.7 Å². The Labute approximate surface area is 153 Å². The van der Waals surface area contributed by atoms with E-state index in [0.717, 1.165) is 43.5 Å². The predicted molar refractivity (Wildman–Crippen MR) is 105 cm³/mol. The summed E-state index contributed by atoms with van der Waals surface area (Å²) in [6.45, 7) is 6.31. The molecule has 5 nitrogen and oxygen atoms in total. The van der Waals surface area contributed by atoms with Crippen molar-refractivity contribution in [2.24, 2.45) is 5.92 Å². The molecule has 0 radical (unpaired) electrons. The summed E-state index contributed by atoms with van der Waals surface area (Å²) in [4.78, 5) is 13.9. The number of nitrogens with one attached hydrogen (secondary N) is 1. The summed E-state index contributed by atoms with van der Waals surface area (Å²) in [5.41, 5.74) is 0. The number of likely N-dealkylation sites (tertiary alicyclic amines) is 1. The van der Waals surface area contributed by atoms with E-state index in [1.807, 2.05) is 36.4 Å². The molecule has 0 aromatic heterocycles. The number of carbonyl (C=O) groups excluding carboxylic acids is 1. The smallest absolute Gasteiger partial charge is 0.234 e. The van der Waals surface area contributed by atoms with Gasteiger partial charge in [-0.3, -0.25) is 9.69 Å². The molecule has 6 heteroatoms. The van der Waals surface area contributed by atoms with E-state index in [2.05, 4.69) is 17.1 Å². The molecule has 1 aromatic carbocycles. The number of rotatable bonds is 5. The molecule has 0 spiro atoms. The van der Waals surface area contributed by atoms with Crippen molar-refractivity contribution in [3.8, 4) is 0 Å². The molecule has 25 heavy (non-hydrogen) atoms. The number of carbonyl (C=O) groups is 1. The molecule has 0 unspecified atom stereocenters. The molecule has 0 aliphatic carbocycles. The number of nitrogens with zero attached hydrogens (tertiary/aromatic N) is 1. The van der Waals surface area contributed by atoms with Gasteiger partial charge >= 0.3 is 0 Å². The second-order valence-electron chi connectivity index (χ2n) is 6.63. The molecule has 1 saturated heterocycles. The Bertz CT molecular complexity index is 601. The van der Waals surface area contributed by atoms with E-state index in [4.69, 9.17) is 0 Å². The van der Waals surface area contributed by atoms with Crippen LogP contribution in [0.3, 0.4) is 0 Å². The van der Waals surface area contributed by atoms with Crippen molar-refractivity contribution in [1.29, 1.82) is 0 Å². The van der Waals surface area contributed by atoms with Crippen molar-refractivity contribution in [1.82, 2.24) is 10.2 Å². The van der Waals surface area contributed by atoms with E-state index >= 15 is 0 Å². The van der Waals surface area contributed by atoms with Gasteiger partial charge in [0.1, 0.15) is 0 Å². The highest BCUT2D eigenvalue weighted by atomic mass is 32.2. The fourth-order valence-electron chi connectivity index (χ4n) is 2.42. The van der Waals surface area contributed by atoms with Crippen LogP contribution < -0.4 is 5.32 Å². The third kappa shape index (κ3) is 11.5. The van der Waals surface area contributed by atoms with Crippen LogP contribution in [0.1, 0.15) is 28.1 Å². The molecule has 1 aromatic rings. The molecule has 142 valence electrons. The number of piperidine rings is 1. The quantitative estimate of drug-likeness (QED) is 0.868. The molecule has 1 heterocycles. The molecule has 1 atom stereocenters. The maximum absolute atomic E-state index is 11.8. The van der Waals surface area contributed by atoms with Crippen molar-refractivity contribution in [3.63, 3.8) is 0 Å². The van der Waals surface area contributed by atoms with Crippen LogP contribution in [0.4, 0.5) is 0 Å². The van der Waals surface area contributed by atoms with Gasteiger partial charge in [-0.2, -0.15) is 0 Å². The third-order valence-corrected chi connectivity index (χ3v) is 4.56. The van der Waals surface area contributed by atoms with Crippen LogP contribution in [0.25, 0.3) is 0 Å². The number of sulfone groups is 1. The van der Waals surface area contributed by atoms with Gasteiger partial charge in [-0.15, -0.1) is 0 Å². The van der Waals surface area contributed by atoms with Gasteiger partial charge in [0.15, 0.2) is 9.84 Å². The van der Waals surface area contributed by atoms with E-state index < -0.39 is 9.84 Å². The lowest BCUT2D eigenvalue weighted by Gasteiger charge is -2.29. The maximum Gasteiger partial charge on any atom is 0.234 e. The molecular weight excluding hydrogens is 336 g/mol. The van der Waals surface area contributed by atoms with E-state index in [1.165, 1.54) is 6.08 Å². The highest BCUT2D eigenvalue weighted by Gasteiger charge is 2.18. The van der Waals surface area contributed by atoms with E-state index in [0.29, 0.717) is 6.54 Å². The number of hydrogen-bond donors (Lipinski definition) is 1. The Morgan fingerprint density at radius 3 is 2.12 bits per heavy atom. The second-order valence-corrected chi connectivity index (χ2v) is 8.56. The standard InChI is InChI=1S/C13H24N2O3S.C6H6.H2/c1-11-4-7-15(8-5-11)10-13(16)14-12(2)6-9-19(3,17)18;1-2-4-6-5-3-1;/h6,9,11-12H,4-5,7-8,10H2,1-3H3,(H,14,16);1-6H;1H/b9-6-;;/t12-;;/m0../s1. The van der Waals surface area contributed by atoms with E-state index in [9.17, 15) is 13.2 Å². The van der Waals surface area contributed by atoms with Crippen LogP contribution in [0.2, 0.25) is 0 Å². The van der Waals surface area contributed by atoms with Gasteiger partial charge in [0.05, 0.1) is 6.54 Å². The molecule has 1 aliphatic rings. The normalized spacial score (nSPS) is 17.6. The van der Waals surface area contributed by atoms with Crippen LogP contribution >= 0.6 is 0 Å². The minimum Gasteiger partial charge on any atom is -0.349 e. The lowest BCUT2D eigenvalue weighted by molar-refractivity contribution is -0.122. The van der Waals surface area contributed by atoms with Crippen molar-refractivity contribution in [2.75, 3.05) is 25.9 Å². The summed E-state index contributed by atoms with van der Waals surface area (Å²) < 4.78 is 21.9. The Kier molecular flexibility index (Phi) is 9.45. The third-order valence-electron chi connectivity index (χ3n) is 3.91. The fourth-order valence-corrected chi connectivity index (χ4v) is 2.94. The van der Waals surface area contributed by atoms with Crippen LogP contribution in [0.15, 0.2) is 47.9 Å². The average molecular weight is 369 g/mol. The number of hydrogen-bond acceptors (Lipinski definition) is 4. The number of amides is 1. The second kappa shape index (κ2) is 11.1. The van der Waals surface area contributed by atoms with Crippen molar-refractivity contribution in [3.05, 3.63) is 47.9 Å². The van der Waals surface area contributed by atoms with Crippen molar-refractivity contribution >= 4 is 15.7 Å². The van der Waals surface area contributed by atoms with Gasteiger partial charge in [0.25, 0.3) is 0 Å². The predicted octanol–water partition coefficient (Wildman–Crippen LogP) is 2.71. The Morgan fingerprint density at radius 2 is 1.68 bits per heavy atom. The molecule has 1 N–H and O–H groups in total. The first-order valence-corrected chi connectivity index (χ1v) is 10.6. The maximum atomic E-state index is 11.8. The lowest BCUT2D eigenvalue weighted by Crippen LogP contribution is -2.43. The van der Waals surface area contributed by atoms with Crippen LogP contribution in [0.5, 0.6) is 0 Å². The molecule has 2 rings (SSSR count). The summed E-state index contributed by atoms with van der Waals surface area (Å²) in [7, 11) is -3.13. The molecular formula is C19H32N2O3S. The topological polar surface area (TPSA) is 66.5 Å². The summed E-state index contributed by atoms with van der Waals surface area (Å²) in [5.74, 6) is 0.691. The highest BCUT2D eigenvalue weighted by molar-refractivity contribution is 7.93. The van der Waals surface area contributed by atoms with Gasteiger partial charge in [0.2, 0.25) is 5.91 Å². The molecule has 1 aliphatic heterocycles. The molecule has 1 amide bonds. The van der Waals surface area contributed by atoms with E-state index in [1.54, 1.807) is 6.92 Å². The molecule has 0 saturated carbocycles. The Hall–Kier alpha value is -1.66. The Balaban J connectivity index is 0.000000754. The fraction of sp³-hybridized carbons (Fsp3) is 0.526. The summed E-state index contributed by atoms with van der Waals surface area (Å²) in [6, 6.07) is 11.7. The van der Waals surface area contributed by atoms with Crippen LogP contribution in [-0.4, -0.2) is 51.2 Å². The zero-order valence-electron chi connectivity index (χ0n) is 15.4. The first-order valence-electron chi connectivity index (χ1n) is 8.66. The zero-order chi connectivity index (χ0) is 18.7. The van der Waals surface area contributed by atoms with Gasteiger partial charge in [-0.25, -0.2) is 8.42 Å². The van der Waals surface area contributed by atoms with Crippen molar-refractivity contribution < 1.29 is 14.6 Å². The summed E-state index contributed by atoms with van der Waals surface area (Å²) in [6.07, 6.45) is 4.89. The lowest BCUT2D eigenvalue weighted by atomic mass is 9.99. The highest BCUT2D eigenvalue weighted by Crippen LogP contribution is 2.15. The minimum absolute atomic E-state index is 0.